The smallest absolute Gasteiger partial charge is 0.139 e. The first-order chi connectivity index (χ1) is 8.15. The molecule has 2 nitrogen and oxygen atoms in total. The molecule has 0 amide bonds. The minimum Gasteiger partial charge on any atom is -0.315 e. The zero-order valence-electron chi connectivity index (χ0n) is 10.4. The molecule has 0 saturated heterocycles. The maximum Gasteiger partial charge on any atom is 0.139 e. The van der Waals surface area contributed by atoms with Crippen molar-refractivity contribution in [3.05, 3.63) is 30.1 Å². The van der Waals surface area contributed by atoms with E-state index in [2.05, 4.69) is 19.2 Å². The summed E-state index contributed by atoms with van der Waals surface area (Å²) in [7, 11) is -1.22. The van der Waals surface area contributed by atoms with Crippen LogP contribution in [0.3, 0.4) is 0 Å². The van der Waals surface area contributed by atoms with Gasteiger partial charge in [-0.2, -0.15) is 0 Å². The van der Waals surface area contributed by atoms with E-state index in [4.69, 9.17) is 0 Å². The van der Waals surface area contributed by atoms with Crippen LogP contribution in [0.2, 0.25) is 0 Å². The van der Waals surface area contributed by atoms with Crippen LogP contribution in [0.4, 0.5) is 4.39 Å². The molecule has 0 aromatic heterocycles. The molecule has 0 bridgehead atoms. The van der Waals surface area contributed by atoms with Gasteiger partial charge in [-0.15, -0.1) is 0 Å². The lowest BCUT2D eigenvalue weighted by Gasteiger charge is -2.11. The van der Waals surface area contributed by atoms with E-state index in [0.29, 0.717) is 16.7 Å². The molecule has 1 rings (SSSR count). The van der Waals surface area contributed by atoms with Gasteiger partial charge in [0.1, 0.15) is 5.82 Å². The second-order valence-electron chi connectivity index (χ2n) is 4.08. The van der Waals surface area contributed by atoms with Crippen molar-refractivity contribution >= 4 is 10.8 Å². The van der Waals surface area contributed by atoms with Gasteiger partial charge >= 0.3 is 0 Å². The molecule has 96 valence electrons. The minimum atomic E-state index is -1.22. The van der Waals surface area contributed by atoms with Crippen LogP contribution in [-0.2, 0) is 10.8 Å². The number of halogens is 1. The molecule has 4 heteroatoms. The van der Waals surface area contributed by atoms with Crippen LogP contribution in [0, 0.1) is 5.82 Å². The van der Waals surface area contributed by atoms with Crippen LogP contribution < -0.4 is 5.32 Å². The summed E-state index contributed by atoms with van der Waals surface area (Å²) in [6.45, 7) is 5.11. The summed E-state index contributed by atoms with van der Waals surface area (Å²) >= 11 is 0. The number of nitrogens with one attached hydrogen (secondary N) is 1. The number of hydrogen-bond acceptors (Lipinski definition) is 2. The lowest BCUT2D eigenvalue weighted by atomic mass is 10.2. The van der Waals surface area contributed by atoms with Gasteiger partial charge in [0.05, 0.1) is 15.7 Å². The molecule has 1 aromatic rings. The summed E-state index contributed by atoms with van der Waals surface area (Å²) in [5, 5.41) is 3.30. The van der Waals surface area contributed by atoms with E-state index in [1.165, 1.54) is 6.07 Å². The topological polar surface area (TPSA) is 29.1 Å². The molecule has 1 aromatic carbocycles. The molecule has 0 aliphatic heterocycles. The Kier molecular flexibility index (Phi) is 6.37. The average molecular weight is 257 g/mol. The fourth-order valence-corrected chi connectivity index (χ4v) is 2.88. The van der Waals surface area contributed by atoms with Gasteiger partial charge in [0, 0.05) is 11.8 Å². The van der Waals surface area contributed by atoms with Gasteiger partial charge in [-0.05, 0) is 38.4 Å². The fraction of sp³-hybridized carbons (Fsp3) is 0.538. The molecule has 0 fully saturated rings. The van der Waals surface area contributed by atoms with Crippen LogP contribution in [0.15, 0.2) is 29.2 Å². The van der Waals surface area contributed by atoms with Gasteiger partial charge in [0.15, 0.2) is 0 Å². The molecule has 0 heterocycles. The molecule has 17 heavy (non-hydrogen) atoms. The van der Waals surface area contributed by atoms with Crippen molar-refractivity contribution < 1.29 is 8.60 Å². The van der Waals surface area contributed by atoms with Gasteiger partial charge in [0.2, 0.25) is 0 Å². The van der Waals surface area contributed by atoms with Gasteiger partial charge < -0.3 is 5.32 Å². The van der Waals surface area contributed by atoms with Crippen molar-refractivity contribution in [1.29, 1.82) is 0 Å². The first-order valence-corrected chi connectivity index (χ1v) is 7.33. The fourth-order valence-electron chi connectivity index (χ4n) is 1.71. The van der Waals surface area contributed by atoms with Gasteiger partial charge in [0.25, 0.3) is 0 Å². The molecule has 2 unspecified atom stereocenters. The summed E-state index contributed by atoms with van der Waals surface area (Å²) in [6, 6.07) is 6.71. The molecule has 0 radical (unpaired) electrons. The molecule has 1 N–H and O–H groups in total. The lowest BCUT2D eigenvalue weighted by molar-refractivity contribution is 0.524. The lowest BCUT2D eigenvalue weighted by Crippen LogP contribution is -2.25. The van der Waals surface area contributed by atoms with Crippen LogP contribution in [0.1, 0.15) is 26.7 Å². The Bertz CT molecular complexity index is 370. The highest BCUT2D eigenvalue weighted by molar-refractivity contribution is 7.85. The van der Waals surface area contributed by atoms with Crippen LogP contribution in [-0.4, -0.2) is 22.5 Å². The van der Waals surface area contributed by atoms with Crippen molar-refractivity contribution in [3.8, 4) is 0 Å². The third-order valence-corrected chi connectivity index (χ3v) is 4.08. The van der Waals surface area contributed by atoms with E-state index < -0.39 is 10.8 Å². The largest absolute Gasteiger partial charge is 0.315 e. The predicted molar refractivity (Wildman–Crippen MR) is 70.0 cm³/mol. The van der Waals surface area contributed by atoms with Crippen LogP contribution in [0.5, 0.6) is 0 Å². The van der Waals surface area contributed by atoms with Crippen molar-refractivity contribution in [2.24, 2.45) is 0 Å². The molecule has 0 saturated carbocycles. The second-order valence-corrected chi connectivity index (χ2v) is 5.62. The molecular weight excluding hydrogens is 237 g/mol. The maximum absolute atomic E-state index is 13.3. The van der Waals surface area contributed by atoms with Crippen molar-refractivity contribution in [2.75, 3.05) is 12.3 Å². The molecule has 2 atom stereocenters. The first-order valence-electron chi connectivity index (χ1n) is 6.01. The Hall–Kier alpha value is -0.740. The molecular formula is C13H20FNOS. The molecule has 0 aliphatic carbocycles. The van der Waals surface area contributed by atoms with Gasteiger partial charge in [-0.1, -0.05) is 19.1 Å². The highest BCUT2D eigenvalue weighted by atomic mass is 32.2. The normalized spacial score (nSPS) is 14.5. The third kappa shape index (κ3) is 4.96. The Morgan fingerprint density at radius 1 is 1.41 bits per heavy atom. The summed E-state index contributed by atoms with van der Waals surface area (Å²) < 4.78 is 25.2. The summed E-state index contributed by atoms with van der Waals surface area (Å²) in [5.74, 6) is 0.155. The quantitative estimate of drug-likeness (QED) is 0.813. The highest BCUT2D eigenvalue weighted by Gasteiger charge is 2.09. The Morgan fingerprint density at radius 3 is 2.76 bits per heavy atom. The second kappa shape index (κ2) is 7.56. The third-order valence-electron chi connectivity index (χ3n) is 2.60. The zero-order chi connectivity index (χ0) is 12.7. The summed E-state index contributed by atoms with van der Waals surface area (Å²) in [5.41, 5.74) is 0. The van der Waals surface area contributed by atoms with E-state index in [9.17, 15) is 8.60 Å². The molecule has 0 aliphatic rings. The Balaban J connectivity index is 2.38. The van der Waals surface area contributed by atoms with E-state index in [1.807, 2.05) is 0 Å². The van der Waals surface area contributed by atoms with Crippen LogP contribution in [0.25, 0.3) is 0 Å². The SMILES string of the molecule is CCNC(C)CCCS(=O)c1ccccc1F. The van der Waals surface area contributed by atoms with Crippen molar-refractivity contribution in [2.45, 2.75) is 37.6 Å². The summed E-state index contributed by atoms with van der Waals surface area (Å²) in [6.07, 6.45) is 1.81. The van der Waals surface area contributed by atoms with Gasteiger partial charge in [-0.3, -0.25) is 4.21 Å². The molecule has 0 spiro atoms. The first kappa shape index (κ1) is 14.3. The zero-order valence-corrected chi connectivity index (χ0v) is 11.2. The number of rotatable bonds is 7. The standard InChI is InChI=1S/C13H20FNOS/c1-3-15-11(2)7-6-10-17(16)13-9-5-4-8-12(13)14/h4-5,8-9,11,15H,3,6-7,10H2,1-2H3. The van der Waals surface area contributed by atoms with E-state index in [0.717, 1.165) is 19.4 Å². The van der Waals surface area contributed by atoms with Crippen molar-refractivity contribution in [1.82, 2.24) is 5.32 Å². The monoisotopic (exact) mass is 257 g/mol. The van der Waals surface area contributed by atoms with Crippen molar-refractivity contribution in [3.63, 3.8) is 0 Å². The van der Waals surface area contributed by atoms with E-state index in [-0.39, 0.29) is 5.82 Å². The maximum atomic E-state index is 13.3. The van der Waals surface area contributed by atoms with E-state index >= 15 is 0 Å². The van der Waals surface area contributed by atoms with Crippen LogP contribution >= 0.6 is 0 Å². The Labute approximate surface area is 105 Å². The number of benzene rings is 1. The minimum absolute atomic E-state index is 0.323. The van der Waals surface area contributed by atoms with Gasteiger partial charge in [-0.25, -0.2) is 4.39 Å². The highest BCUT2D eigenvalue weighted by Crippen LogP contribution is 2.13. The predicted octanol–water partition coefficient (Wildman–Crippen LogP) is 2.71. The van der Waals surface area contributed by atoms with E-state index in [1.54, 1.807) is 18.2 Å². The number of hydrogen-bond donors (Lipinski definition) is 1. The summed E-state index contributed by atoms with van der Waals surface area (Å²) in [4.78, 5) is 0.323. The Morgan fingerprint density at radius 2 is 2.12 bits per heavy atom. The average Bonchev–Trinajstić information content (AvgIpc) is 2.29.